The van der Waals surface area contributed by atoms with E-state index in [0.29, 0.717) is 16.3 Å². The van der Waals surface area contributed by atoms with Crippen molar-refractivity contribution < 1.29 is 9.84 Å². The Balaban J connectivity index is 1.73. The van der Waals surface area contributed by atoms with E-state index in [9.17, 15) is 15.2 Å². The summed E-state index contributed by atoms with van der Waals surface area (Å²) in [5.41, 5.74) is 1.94. The molecule has 0 saturated carbocycles. The number of hydrogen-bond acceptors (Lipinski definition) is 9. The molecule has 2 N–H and O–H groups in total. The van der Waals surface area contributed by atoms with Gasteiger partial charge < -0.3 is 19.7 Å². The number of nitriles is 1. The third-order valence-corrected chi connectivity index (χ3v) is 5.60. The molecular formula is C21H19N7O3S. The Morgan fingerprint density at radius 3 is 2.81 bits per heavy atom. The number of aliphatic hydroxyl groups is 1. The molecule has 4 aromatic rings. The number of aryl methyl sites for hydroxylation is 1. The summed E-state index contributed by atoms with van der Waals surface area (Å²) in [5, 5.41) is 26.4. The third-order valence-electron chi connectivity index (χ3n) is 4.75. The second-order valence-electron chi connectivity index (χ2n) is 6.85. The van der Waals surface area contributed by atoms with Gasteiger partial charge in [0, 0.05) is 30.2 Å². The fourth-order valence-corrected chi connectivity index (χ4v) is 3.89. The number of methoxy groups -OCH3 is 1. The molecule has 3 aromatic heterocycles. The van der Waals surface area contributed by atoms with Gasteiger partial charge in [-0.2, -0.15) is 10.4 Å². The molecule has 0 aliphatic carbocycles. The summed E-state index contributed by atoms with van der Waals surface area (Å²) in [6.45, 7) is 1.53. The van der Waals surface area contributed by atoms with Gasteiger partial charge in [0.1, 0.15) is 23.5 Å². The number of aromatic nitrogens is 5. The molecule has 0 bridgehead atoms. The molecule has 0 unspecified atom stereocenters. The largest absolute Gasteiger partial charge is 0.494 e. The number of aliphatic hydroxyl groups excluding tert-OH is 1. The topological polar surface area (TPSA) is 131 Å². The van der Waals surface area contributed by atoms with Crippen LogP contribution in [0.2, 0.25) is 0 Å². The number of hydrogen-bond donors (Lipinski definition) is 2. The summed E-state index contributed by atoms with van der Waals surface area (Å²) in [5.74, 6) is 0.570. The summed E-state index contributed by atoms with van der Waals surface area (Å²) in [6.07, 6.45) is 5.15. The molecule has 0 spiro atoms. The van der Waals surface area contributed by atoms with Crippen molar-refractivity contribution in [2.24, 2.45) is 0 Å². The lowest BCUT2D eigenvalue weighted by molar-refractivity contribution is 0.239. The van der Waals surface area contributed by atoms with Crippen LogP contribution in [-0.4, -0.2) is 42.5 Å². The van der Waals surface area contributed by atoms with Crippen molar-refractivity contribution in [3.05, 3.63) is 75.7 Å². The summed E-state index contributed by atoms with van der Waals surface area (Å²) >= 11 is 1.15. The normalized spacial score (nSPS) is 11.7. The summed E-state index contributed by atoms with van der Waals surface area (Å²) in [7, 11) is 1.56. The fraction of sp³-hybridized carbons (Fsp3) is 0.190. The van der Waals surface area contributed by atoms with Crippen molar-refractivity contribution in [2.45, 2.75) is 13.0 Å². The van der Waals surface area contributed by atoms with Crippen LogP contribution in [0.15, 0.2) is 53.8 Å². The Hall–Kier alpha value is -4.01. The van der Waals surface area contributed by atoms with Crippen LogP contribution in [0.3, 0.4) is 0 Å². The molecule has 10 nitrogen and oxygen atoms in total. The maximum Gasteiger partial charge on any atom is 0.291 e. The summed E-state index contributed by atoms with van der Waals surface area (Å²) < 4.78 is 12.5. The number of ether oxygens (including phenoxy) is 1. The molecule has 3 heterocycles. The van der Waals surface area contributed by atoms with Crippen LogP contribution >= 0.6 is 11.5 Å². The quantitative estimate of drug-likeness (QED) is 0.440. The zero-order valence-corrected chi connectivity index (χ0v) is 18.1. The highest BCUT2D eigenvalue weighted by molar-refractivity contribution is 7.05. The number of nitrogens with one attached hydrogen (secondary N) is 1. The van der Waals surface area contributed by atoms with Crippen LogP contribution in [0, 0.1) is 18.3 Å². The first-order valence-electron chi connectivity index (χ1n) is 9.55. The number of nitrogens with zero attached hydrogens (tertiary/aromatic N) is 6. The monoisotopic (exact) mass is 449 g/mol. The zero-order chi connectivity index (χ0) is 22.7. The Morgan fingerprint density at radius 1 is 1.34 bits per heavy atom. The molecule has 0 aliphatic heterocycles. The fourth-order valence-electron chi connectivity index (χ4n) is 3.23. The van der Waals surface area contributed by atoms with E-state index in [0.717, 1.165) is 27.6 Å². The van der Waals surface area contributed by atoms with E-state index in [2.05, 4.69) is 19.8 Å². The molecule has 0 radical (unpaired) electrons. The van der Waals surface area contributed by atoms with Gasteiger partial charge in [0.25, 0.3) is 5.56 Å². The van der Waals surface area contributed by atoms with Crippen molar-refractivity contribution in [2.75, 3.05) is 19.0 Å². The highest BCUT2D eigenvalue weighted by atomic mass is 32.1. The van der Waals surface area contributed by atoms with Crippen molar-refractivity contribution in [1.29, 1.82) is 5.26 Å². The zero-order valence-electron chi connectivity index (χ0n) is 17.3. The first-order valence-corrected chi connectivity index (χ1v) is 10.3. The van der Waals surface area contributed by atoms with E-state index in [1.54, 1.807) is 37.8 Å². The second-order valence-corrected chi connectivity index (χ2v) is 7.72. The smallest absolute Gasteiger partial charge is 0.291 e. The van der Waals surface area contributed by atoms with Crippen LogP contribution in [0.1, 0.15) is 22.3 Å². The average Bonchev–Trinajstić information content (AvgIpc) is 3.48. The average molecular weight is 449 g/mol. The van der Waals surface area contributed by atoms with E-state index < -0.39 is 11.6 Å². The number of benzene rings is 1. The molecular weight excluding hydrogens is 430 g/mol. The summed E-state index contributed by atoms with van der Waals surface area (Å²) in [6, 6.07) is 9.66. The minimum Gasteiger partial charge on any atom is -0.494 e. The molecule has 32 heavy (non-hydrogen) atoms. The molecule has 0 amide bonds. The maximum atomic E-state index is 13.1. The SMILES string of the molecule is COc1cc(Nc2cc(C#N)nn([C@@H](CO)c3ccns3)c2=O)ccc1-n1cnc(C)c1. The van der Waals surface area contributed by atoms with Crippen molar-refractivity contribution in [3.8, 4) is 17.5 Å². The number of rotatable bonds is 7. The van der Waals surface area contributed by atoms with E-state index in [1.165, 1.54) is 6.07 Å². The molecule has 162 valence electrons. The Labute approximate surface area is 187 Å². The lowest BCUT2D eigenvalue weighted by Crippen LogP contribution is -2.31. The summed E-state index contributed by atoms with van der Waals surface area (Å²) in [4.78, 5) is 18.0. The second kappa shape index (κ2) is 9.01. The Bertz CT molecular complexity index is 1340. The maximum absolute atomic E-state index is 13.1. The van der Waals surface area contributed by atoms with E-state index >= 15 is 0 Å². The molecule has 1 atom stereocenters. The van der Waals surface area contributed by atoms with Crippen LogP contribution in [0.5, 0.6) is 5.75 Å². The van der Waals surface area contributed by atoms with Gasteiger partial charge in [0.2, 0.25) is 0 Å². The minimum atomic E-state index is -0.745. The van der Waals surface area contributed by atoms with Crippen LogP contribution in [0.25, 0.3) is 5.69 Å². The predicted molar refractivity (Wildman–Crippen MR) is 119 cm³/mol. The third kappa shape index (κ3) is 4.09. The van der Waals surface area contributed by atoms with E-state index in [-0.39, 0.29) is 18.0 Å². The first-order chi connectivity index (χ1) is 15.5. The van der Waals surface area contributed by atoms with Gasteiger partial charge in [-0.05, 0) is 36.7 Å². The van der Waals surface area contributed by atoms with E-state index in [1.807, 2.05) is 29.8 Å². The van der Waals surface area contributed by atoms with Crippen molar-refractivity contribution in [3.63, 3.8) is 0 Å². The molecule has 0 aliphatic rings. The molecule has 0 fully saturated rings. The van der Waals surface area contributed by atoms with Gasteiger partial charge in [-0.25, -0.2) is 14.0 Å². The van der Waals surface area contributed by atoms with Gasteiger partial charge in [-0.3, -0.25) is 4.79 Å². The molecule has 0 saturated heterocycles. The lowest BCUT2D eigenvalue weighted by atomic mass is 10.2. The van der Waals surface area contributed by atoms with Crippen LogP contribution in [0.4, 0.5) is 11.4 Å². The van der Waals surface area contributed by atoms with Gasteiger partial charge in [-0.15, -0.1) is 0 Å². The Kier molecular flexibility index (Phi) is 5.98. The van der Waals surface area contributed by atoms with Gasteiger partial charge in [0.15, 0.2) is 5.69 Å². The van der Waals surface area contributed by atoms with Gasteiger partial charge in [0.05, 0.1) is 36.3 Å². The van der Waals surface area contributed by atoms with Crippen LogP contribution < -0.4 is 15.6 Å². The molecule has 1 aromatic carbocycles. The number of imidazole rings is 1. The minimum absolute atomic E-state index is 0.0348. The molecule has 4 rings (SSSR count). The standard InChI is InChI=1S/C21H19N7O3S/c1-13-10-27(12-23-13)17-4-3-14(8-19(17)31-2)25-16-7-15(9-22)26-28(21(16)30)18(11-29)20-5-6-24-32-20/h3-8,10,12,18,25,29H,11H2,1-2H3/t18-/m0/s1. The van der Waals surface area contributed by atoms with Crippen molar-refractivity contribution >= 4 is 22.9 Å². The van der Waals surface area contributed by atoms with Crippen LogP contribution in [-0.2, 0) is 0 Å². The van der Waals surface area contributed by atoms with Gasteiger partial charge >= 0.3 is 0 Å². The number of anilines is 2. The first kappa shape index (κ1) is 21.2. The lowest BCUT2D eigenvalue weighted by Gasteiger charge is -2.17. The van der Waals surface area contributed by atoms with Crippen molar-refractivity contribution in [1.82, 2.24) is 23.7 Å². The Morgan fingerprint density at radius 2 is 2.19 bits per heavy atom. The highest BCUT2D eigenvalue weighted by Crippen LogP contribution is 2.28. The highest BCUT2D eigenvalue weighted by Gasteiger charge is 2.20. The van der Waals surface area contributed by atoms with Gasteiger partial charge in [-0.1, -0.05) is 0 Å². The predicted octanol–water partition coefficient (Wildman–Crippen LogP) is 2.40. The molecule has 11 heteroatoms. The van der Waals surface area contributed by atoms with E-state index in [4.69, 9.17) is 4.74 Å².